The lowest BCUT2D eigenvalue weighted by molar-refractivity contribution is -0.119. The highest BCUT2D eigenvalue weighted by atomic mass is 32.2. The van der Waals surface area contributed by atoms with Crippen LogP contribution in [0.2, 0.25) is 0 Å². The molecule has 2 fully saturated rings. The van der Waals surface area contributed by atoms with Crippen molar-refractivity contribution >= 4 is 21.4 Å². The molecule has 1 saturated carbocycles. The Labute approximate surface area is 162 Å². The first-order valence-electron chi connectivity index (χ1n) is 9.95. The maximum Gasteiger partial charge on any atom is 0.239 e. The maximum atomic E-state index is 12.2. The van der Waals surface area contributed by atoms with Crippen LogP contribution >= 0.6 is 0 Å². The summed E-state index contributed by atoms with van der Waals surface area (Å²) in [6.07, 6.45) is 7.01. The lowest BCUT2D eigenvalue weighted by Gasteiger charge is -2.31. The lowest BCUT2D eigenvalue weighted by atomic mass is 9.94. The molecule has 1 aliphatic carbocycles. The molecule has 0 aromatic heterocycles. The van der Waals surface area contributed by atoms with Gasteiger partial charge in [-0.2, -0.15) is 0 Å². The quantitative estimate of drug-likeness (QED) is 0.742. The minimum Gasteiger partial charge on any atom is -0.376 e. The van der Waals surface area contributed by atoms with Crippen molar-refractivity contribution in [3.05, 3.63) is 29.8 Å². The summed E-state index contributed by atoms with van der Waals surface area (Å²) in [5.74, 6) is 0.0657. The van der Waals surface area contributed by atoms with E-state index in [1.165, 1.54) is 37.7 Å². The van der Waals surface area contributed by atoms with Gasteiger partial charge < -0.3 is 10.6 Å². The van der Waals surface area contributed by atoms with Crippen molar-refractivity contribution in [1.82, 2.24) is 10.2 Å². The van der Waals surface area contributed by atoms with Gasteiger partial charge in [-0.1, -0.05) is 37.5 Å². The highest BCUT2D eigenvalue weighted by Gasteiger charge is 2.28. The summed E-state index contributed by atoms with van der Waals surface area (Å²) < 4.78 is 23.0. The standard InChI is InChI=1S/C20H31N3O3S/c1-23(18-8-3-2-4-9-18)14-16-7-5-6-10-19(16)21-13-20(24)22-17-11-12-27(25,26)15-17/h5-7,10,17-18,21H,2-4,8-9,11-15H2,1H3,(H,22,24). The van der Waals surface area contributed by atoms with Crippen molar-refractivity contribution < 1.29 is 13.2 Å². The number of carbonyl (C=O) groups is 1. The molecule has 1 saturated heterocycles. The van der Waals surface area contributed by atoms with Gasteiger partial charge in [0.25, 0.3) is 0 Å². The average molecular weight is 394 g/mol. The number of amides is 1. The molecule has 1 heterocycles. The fraction of sp³-hybridized carbons (Fsp3) is 0.650. The van der Waals surface area contributed by atoms with Crippen molar-refractivity contribution in [1.29, 1.82) is 0 Å². The van der Waals surface area contributed by atoms with Crippen molar-refractivity contribution in [2.45, 2.75) is 57.2 Å². The van der Waals surface area contributed by atoms with E-state index in [-0.39, 0.29) is 30.0 Å². The van der Waals surface area contributed by atoms with E-state index in [0.717, 1.165) is 12.2 Å². The van der Waals surface area contributed by atoms with E-state index < -0.39 is 9.84 Å². The van der Waals surface area contributed by atoms with Crippen molar-refractivity contribution in [2.24, 2.45) is 0 Å². The lowest BCUT2D eigenvalue weighted by Crippen LogP contribution is -2.39. The van der Waals surface area contributed by atoms with Crippen molar-refractivity contribution in [3.63, 3.8) is 0 Å². The normalized spacial score (nSPS) is 22.7. The van der Waals surface area contributed by atoms with Gasteiger partial charge in [0.05, 0.1) is 18.1 Å². The van der Waals surface area contributed by atoms with Crippen LogP contribution in [0, 0.1) is 0 Å². The van der Waals surface area contributed by atoms with E-state index >= 15 is 0 Å². The predicted octanol–water partition coefficient (Wildman–Crippen LogP) is 2.17. The van der Waals surface area contributed by atoms with Gasteiger partial charge in [0.15, 0.2) is 9.84 Å². The number of nitrogens with one attached hydrogen (secondary N) is 2. The SMILES string of the molecule is CN(Cc1ccccc1NCC(=O)NC1CCS(=O)(=O)C1)C1CCCCC1. The van der Waals surface area contributed by atoms with Gasteiger partial charge in [-0.3, -0.25) is 9.69 Å². The third-order valence-electron chi connectivity index (χ3n) is 5.67. The molecular formula is C20H31N3O3S. The second-order valence-corrected chi connectivity index (χ2v) is 10.1. The van der Waals surface area contributed by atoms with Crippen LogP contribution in [0.25, 0.3) is 0 Å². The maximum absolute atomic E-state index is 12.2. The highest BCUT2D eigenvalue weighted by molar-refractivity contribution is 7.91. The molecule has 1 aromatic rings. The van der Waals surface area contributed by atoms with Gasteiger partial charge in [-0.25, -0.2) is 8.42 Å². The number of hydrogen-bond acceptors (Lipinski definition) is 5. The second-order valence-electron chi connectivity index (χ2n) is 7.89. The number of rotatable bonds is 7. The van der Waals surface area contributed by atoms with Crippen LogP contribution in [-0.2, 0) is 21.2 Å². The Morgan fingerprint density at radius 3 is 2.59 bits per heavy atom. The Kier molecular flexibility index (Phi) is 6.76. The van der Waals surface area contributed by atoms with Gasteiger partial charge in [0.1, 0.15) is 0 Å². The molecule has 27 heavy (non-hydrogen) atoms. The third kappa shape index (κ3) is 5.94. The molecule has 1 aromatic carbocycles. The first kappa shape index (κ1) is 20.1. The molecular weight excluding hydrogens is 362 g/mol. The molecule has 1 unspecified atom stereocenters. The molecule has 1 atom stereocenters. The number of carbonyl (C=O) groups excluding carboxylic acids is 1. The number of nitrogens with zero attached hydrogens (tertiary/aromatic N) is 1. The molecule has 2 aliphatic rings. The average Bonchev–Trinajstić information content (AvgIpc) is 3.00. The minimum absolute atomic E-state index is 0.0571. The number of hydrogen-bond donors (Lipinski definition) is 2. The van der Waals surface area contributed by atoms with Gasteiger partial charge in [-0.15, -0.1) is 0 Å². The first-order valence-corrected chi connectivity index (χ1v) is 11.8. The minimum atomic E-state index is -2.98. The Morgan fingerprint density at radius 1 is 1.15 bits per heavy atom. The van der Waals surface area contributed by atoms with Crippen LogP contribution in [0.5, 0.6) is 0 Å². The van der Waals surface area contributed by atoms with Crippen molar-refractivity contribution in [3.8, 4) is 0 Å². The van der Waals surface area contributed by atoms with Gasteiger partial charge in [-0.05, 0) is 37.9 Å². The van der Waals surface area contributed by atoms with E-state index in [2.05, 4.69) is 28.6 Å². The summed E-state index contributed by atoms with van der Waals surface area (Å²) >= 11 is 0. The van der Waals surface area contributed by atoms with Crippen LogP contribution < -0.4 is 10.6 Å². The summed E-state index contributed by atoms with van der Waals surface area (Å²) in [4.78, 5) is 14.6. The van der Waals surface area contributed by atoms with Gasteiger partial charge in [0.2, 0.25) is 5.91 Å². The summed E-state index contributed by atoms with van der Waals surface area (Å²) in [6, 6.07) is 8.48. The van der Waals surface area contributed by atoms with E-state index in [4.69, 9.17) is 0 Å². The summed E-state index contributed by atoms with van der Waals surface area (Å²) in [7, 11) is -0.799. The fourth-order valence-electron chi connectivity index (χ4n) is 4.11. The molecule has 0 spiro atoms. The monoisotopic (exact) mass is 393 g/mol. The second kappa shape index (κ2) is 9.06. The number of para-hydroxylation sites is 1. The van der Waals surface area contributed by atoms with Crippen LogP contribution in [0.15, 0.2) is 24.3 Å². The smallest absolute Gasteiger partial charge is 0.239 e. The van der Waals surface area contributed by atoms with Gasteiger partial charge in [0, 0.05) is 24.3 Å². The molecule has 6 nitrogen and oxygen atoms in total. The molecule has 3 rings (SSSR count). The van der Waals surface area contributed by atoms with E-state index in [1.807, 2.05) is 18.2 Å². The van der Waals surface area contributed by atoms with Crippen LogP contribution in [-0.4, -0.2) is 56.4 Å². The van der Waals surface area contributed by atoms with E-state index in [0.29, 0.717) is 12.5 Å². The summed E-state index contributed by atoms with van der Waals surface area (Å²) in [5.41, 5.74) is 2.15. The van der Waals surface area contributed by atoms with Crippen molar-refractivity contribution in [2.75, 3.05) is 30.4 Å². The van der Waals surface area contributed by atoms with E-state index in [9.17, 15) is 13.2 Å². The number of benzene rings is 1. The molecule has 0 bridgehead atoms. The zero-order valence-corrected chi connectivity index (χ0v) is 16.9. The number of sulfone groups is 1. The first-order chi connectivity index (χ1) is 12.9. The van der Waals surface area contributed by atoms with Crippen LogP contribution in [0.4, 0.5) is 5.69 Å². The number of anilines is 1. The summed E-state index contributed by atoms with van der Waals surface area (Å²) in [5, 5.41) is 6.05. The fourth-order valence-corrected chi connectivity index (χ4v) is 5.79. The zero-order chi connectivity index (χ0) is 19.3. The zero-order valence-electron chi connectivity index (χ0n) is 16.1. The molecule has 0 radical (unpaired) electrons. The Morgan fingerprint density at radius 2 is 1.89 bits per heavy atom. The predicted molar refractivity (Wildman–Crippen MR) is 108 cm³/mol. The van der Waals surface area contributed by atoms with Gasteiger partial charge >= 0.3 is 0 Å². The largest absolute Gasteiger partial charge is 0.376 e. The molecule has 1 amide bonds. The molecule has 7 heteroatoms. The Bertz CT molecular complexity index is 745. The molecule has 150 valence electrons. The third-order valence-corrected chi connectivity index (χ3v) is 7.44. The highest BCUT2D eigenvalue weighted by Crippen LogP contribution is 2.24. The molecule has 2 N–H and O–H groups in total. The van der Waals surface area contributed by atoms with E-state index in [1.54, 1.807) is 0 Å². The van der Waals surface area contributed by atoms with Crippen LogP contribution in [0.1, 0.15) is 44.1 Å². The molecule has 1 aliphatic heterocycles. The Hall–Kier alpha value is -1.60. The topological polar surface area (TPSA) is 78.5 Å². The van der Waals surface area contributed by atoms with Crippen LogP contribution in [0.3, 0.4) is 0 Å². The Balaban J connectivity index is 1.52. The summed E-state index contributed by atoms with van der Waals surface area (Å²) in [6.45, 7) is 1.01.